The van der Waals surface area contributed by atoms with E-state index in [-0.39, 0.29) is 54.1 Å². The highest BCUT2D eigenvalue weighted by Gasteiger charge is 2.30. The zero-order valence-electron chi connectivity index (χ0n) is 12.7. The van der Waals surface area contributed by atoms with E-state index in [0.717, 1.165) is 5.56 Å². The Labute approximate surface area is 151 Å². The summed E-state index contributed by atoms with van der Waals surface area (Å²) in [6, 6.07) is 6.00. The summed E-state index contributed by atoms with van der Waals surface area (Å²) >= 11 is 0. The molecule has 0 bridgehead atoms. The number of carbonyl (C=O) groups is 1. The molecule has 0 radical (unpaired) electrons. The van der Waals surface area contributed by atoms with Gasteiger partial charge in [0.15, 0.2) is 11.5 Å². The number of hydrogen-bond donors (Lipinski definition) is 2. The third-order valence-electron chi connectivity index (χ3n) is 3.67. The summed E-state index contributed by atoms with van der Waals surface area (Å²) < 4.78 is 13.5. The van der Waals surface area contributed by atoms with Gasteiger partial charge in [-0.25, -0.2) is 14.4 Å². The fourth-order valence-corrected chi connectivity index (χ4v) is 2.61. The number of nitrogens with zero attached hydrogens (tertiary/aromatic N) is 3. The fraction of sp³-hybridized carbons (Fsp3) is 0.267. The van der Waals surface area contributed by atoms with Gasteiger partial charge < -0.3 is 16.0 Å². The minimum atomic E-state index is -0.325. The molecule has 1 aromatic carbocycles. The van der Waals surface area contributed by atoms with Gasteiger partial charge in [0, 0.05) is 32.0 Å². The van der Waals surface area contributed by atoms with Crippen LogP contribution in [0.1, 0.15) is 22.1 Å². The van der Waals surface area contributed by atoms with Crippen LogP contribution in [0.5, 0.6) is 0 Å². The van der Waals surface area contributed by atoms with E-state index in [4.69, 9.17) is 5.73 Å². The molecular weight excluding hydrogens is 356 g/mol. The summed E-state index contributed by atoms with van der Waals surface area (Å²) in [6.07, 6.45) is 2.87. The van der Waals surface area contributed by atoms with Crippen LogP contribution >= 0.6 is 24.8 Å². The van der Waals surface area contributed by atoms with Crippen LogP contribution in [0.2, 0.25) is 0 Å². The lowest BCUT2D eigenvalue weighted by Crippen LogP contribution is -2.49. The molecule has 2 heterocycles. The van der Waals surface area contributed by atoms with E-state index in [1.54, 1.807) is 17.0 Å². The summed E-state index contributed by atoms with van der Waals surface area (Å²) in [5, 5.41) is 3.22. The highest BCUT2D eigenvalue weighted by Crippen LogP contribution is 2.25. The Morgan fingerprint density at radius 1 is 1.29 bits per heavy atom. The number of benzene rings is 1. The van der Waals surface area contributed by atoms with Crippen LogP contribution in [0, 0.1) is 5.82 Å². The predicted octanol–water partition coefficient (Wildman–Crippen LogP) is 1.83. The number of aromatic nitrogens is 2. The molecule has 6 nitrogen and oxygen atoms in total. The lowest BCUT2D eigenvalue weighted by Gasteiger charge is -2.36. The predicted molar refractivity (Wildman–Crippen MR) is 94.0 cm³/mol. The van der Waals surface area contributed by atoms with Crippen molar-refractivity contribution in [2.24, 2.45) is 0 Å². The van der Waals surface area contributed by atoms with Crippen LogP contribution in [0.4, 0.5) is 10.2 Å². The zero-order valence-corrected chi connectivity index (χ0v) is 14.3. The van der Waals surface area contributed by atoms with Crippen LogP contribution in [-0.2, 0) is 0 Å². The fourth-order valence-electron chi connectivity index (χ4n) is 2.61. The molecule has 1 fully saturated rings. The highest BCUT2D eigenvalue weighted by atomic mass is 35.5. The molecule has 9 heteroatoms. The van der Waals surface area contributed by atoms with E-state index >= 15 is 0 Å². The maximum atomic E-state index is 13.5. The largest absolute Gasteiger partial charge is 0.382 e. The number of halogens is 3. The van der Waals surface area contributed by atoms with Crippen LogP contribution in [0.3, 0.4) is 0 Å². The minimum Gasteiger partial charge on any atom is -0.382 e. The van der Waals surface area contributed by atoms with E-state index in [2.05, 4.69) is 15.3 Å². The number of amides is 1. The zero-order chi connectivity index (χ0) is 15.5. The van der Waals surface area contributed by atoms with Crippen LogP contribution < -0.4 is 11.1 Å². The second-order valence-electron chi connectivity index (χ2n) is 5.06. The number of nitrogens with one attached hydrogen (secondary N) is 1. The average Bonchev–Trinajstić information content (AvgIpc) is 2.55. The van der Waals surface area contributed by atoms with Crippen molar-refractivity contribution >= 4 is 36.5 Å². The molecule has 1 aromatic heterocycles. The summed E-state index contributed by atoms with van der Waals surface area (Å²) in [4.78, 5) is 22.3. The maximum Gasteiger partial charge on any atom is 0.276 e. The number of anilines is 1. The normalized spacial score (nSPS) is 16.7. The number of rotatable bonds is 2. The van der Waals surface area contributed by atoms with Crippen molar-refractivity contribution in [2.75, 3.05) is 25.4 Å². The molecule has 3 N–H and O–H groups in total. The molecule has 0 saturated carbocycles. The van der Waals surface area contributed by atoms with Crippen molar-refractivity contribution in [1.29, 1.82) is 0 Å². The van der Waals surface area contributed by atoms with Gasteiger partial charge in [-0.05, 0) is 17.7 Å². The molecular formula is C15H18Cl2FN5O. The van der Waals surface area contributed by atoms with Gasteiger partial charge in [0.05, 0.1) is 6.04 Å². The topological polar surface area (TPSA) is 84.1 Å². The molecule has 130 valence electrons. The van der Waals surface area contributed by atoms with E-state index in [9.17, 15) is 9.18 Å². The molecule has 0 aliphatic carbocycles. The monoisotopic (exact) mass is 373 g/mol. The Balaban J connectivity index is 0.00000144. The maximum absolute atomic E-state index is 13.5. The van der Waals surface area contributed by atoms with Crippen molar-refractivity contribution in [3.8, 4) is 0 Å². The number of hydrogen-bond acceptors (Lipinski definition) is 5. The molecule has 2 aromatic rings. The van der Waals surface area contributed by atoms with Crippen molar-refractivity contribution in [1.82, 2.24) is 20.2 Å². The van der Waals surface area contributed by atoms with E-state index < -0.39 is 0 Å². The van der Waals surface area contributed by atoms with Crippen molar-refractivity contribution in [3.05, 3.63) is 53.7 Å². The van der Waals surface area contributed by atoms with Crippen LogP contribution in [0.15, 0.2) is 36.7 Å². The summed E-state index contributed by atoms with van der Waals surface area (Å²) in [6.45, 7) is 1.71. The van der Waals surface area contributed by atoms with Gasteiger partial charge in [0.25, 0.3) is 5.91 Å². The van der Waals surface area contributed by atoms with Gasteiger partial charge in [-0.15, -0.1) is 24.8 Å². The second-order valence-corrected chi connectivity index (χ2v) is 5.06. The van der Waals surface area contributed by atoms with Gasteiger partial charge in [-0.1, -0.05) is 12.1 Å². The van der Waals surface area contributed by atoms with Gasteiger partial charge in [-0.3, -0.25) is 4.79 Å². The molecule has 1 amide bonds. The van der Waals surface area contributed by atoms with Gasteiger partial charge in [-0.2, -0.15) is 0 Å². The van der Waals surface area contributed by atoms with Crippen molar-refractivity contribution in [2.45, 2.75) is 6.04 Å². The summed E-state index contributed by atoms with van der Waals surface area (Å²) in [5.41, 5.74) is 6.61. The van der Waals surface area contributed by atoms with Gasteiger partial charge in [0.1, 0.15) is 5.82 Å². The first-order chi connectivity index (χ1) is 10.7. The molecule has 1 saturated heterocycles. The molecule has 3 rings (SSSR count). The SMILES string of the molecule is Cl.Cl.Nc1nccnc1C(=O)N1CCNCC1c1cccc(F)c1. The Morgan fingerprint density at radius 2 is 2.04 bits per heavy atom. The Hall–Kier alpha value is -1.96. The van der Waals surface area contributed by atoms with Crippen LogP contribution in [-0.4, -0.2) is 40.4 Å². The third kappa shape index (κ3) is 4.11. The lowest BCUT2D eigenvalue weighted by molar-refractivity contribution is 0.0628. The third-order valence-corrected chi connectivity index (χ3v) is 3.67. The second kappa shape index (κ2) is 8.77. The minimum absolute atomic E-state index is 0. The number of nitrogens with two attached hydrogens (primary N) is 1. The van der Waals surface area contributed by atoms with E-state index in [0.29, 0.717) is 19.6 Å². The van der Waals surface area contributed by atoms with E-state index in [1.807, 2.05) is 0 Å². The number of piperazine rings is 1. The molecule has 24 heavy (non-hydrogen) atoms. The van der Waals surface area contributed by atoms with Gasteiger partial charge in [0.2, 0.25) is 0 Å². The average molecular weight is 374 g/mol. The smallest absolute Gasteiger partial charge is 0.276 e. The highest BCUT2D eigenvalue weighted by molar-refractivity contribution is 5.96. The number of nitrogen functional groups attached to an aromatic ring is 1. The van der Waals surface area contributed by atoms with Gasteiger partial charge >= 0.3 is 0 Å². The Morgan fingerprint density at radius 3 is 2.75 bits per heavy atom. The molecule has 1 atom stereocenters. The summed E-state index contributed by atoms with van der Waals surface area (Å²) in [7, 11) is 0. The quantitative estimate of drug-likeness (QED) is 0.838. The first-order valence-corrected chi connectivity index (χ1v) is 7.00. The molecule has 1 unspecified atom stereocenters. The van der Waals surface area contributed by atoms with Crippen LogP contribution in [0.25, 0.3) is 0 Å². The lowest BCUT2D eigenvalue weighted by atomic mass is 10.0. The van der Waals surface area contributed by atoms with E-state index in [1.165, 1.54) is 24.5 Å². The molecule has 1 aliphatic rings. The molecule has 0 spiro atoms. The van der Waals surface area contributed by atoms with Crippen molar-refractivity contribution in [3.63, 3.8) is 0 Å². The first-order valence-electron chi connectivity index (χ1n) is 7.00. The standard InChI is InChI=1S/C15H16FN5O.2ClH/c16-11-3-1-2-10(8-11)12-9-18-6-7-21(12)15(22)13-14(17)20-5-4-19-13;;/h1-5,8,12,18H,6-7,9H2,(H2,17,20);2*1H. The summed E-state index contributed by atoms with van der Waals surface area (Å²) in [5.74, 6) is -0.514. The number of carbonyl (C=O) groups excluding carboxylic acids is 1. The Kier molecular flexibility index (Phi) is 7.34. The Bertz CT molecular complexity index is 703. The first kappa shape index (κ1) is 20.1. The molecule has 1 aliphatic heterocycles. The van der Waals surface area contributed by atoms with Crippen molar-refractivity contribution < 1.29 is 9.18 Å².